The molecule has 2 aliphatic heterocycles. The third-order valence-corrected chi connectivity index (χ3v) is 5.48. The molecule has 124 valence electrons. The van der Waals surface area contributed by atoms with Gasteiger partial charge < -0.3 is 13.9 Å². The molecule has 3 rings (SSSR count). The van der Waals surface area contributed by atoms with Crippen LogP contribution in [0.5, 0.6) is 0 Å². The molecule has 1 spiro atoms. The molecule has 3 heterocycles. The molecule has 4 heteroatoms. The van der Waals surface area contributed by atoms with E-state index >= 15 is 0 Å². The van der Waals surface area contributed by atoms with Crippen LogP contribution in [0.25, 0.3) is 0 Å². The molecule has 0 radical (unpaired) electrons. The van der Waals surface area contributed by atoms with Gasteiger partial charge in [-0.25, -0.2) is 0 Å². The summed E-state index contributed by atoms with van der Waals surface area (Å²) in [6.45, 7) is 10.8. The molecule has 0 N–H and O–H groups in total. The third-order valence-electron chi connectivity index (χ3n) is 5.48. The lowest BCUT2D eigenvalue weighted by atomic mass is 9.66. The molecule has 1 aromatic rings. The van der Waals surface area contributed by atoms with Gasteiger partial charge in [0.15, 0.2) is 0 Å². The Morgan fingerprint density at radius 3 is 2.77 bits per heavy atom. The maximum absolute atomic E-state index is 5.72. The number of hydrogen-bond donors (Lipinski definition) is 0. The Morgan fingerprint density at radius 2 is 2.09 bits per heavy atom. The summed E-state index contributed by atoms with van der Waals surface area (Å²) < 4.78 is 17.2. The van der Waals surface area contributed by atoms with Gasteiger partial charge in [-0.05, 0) is 63.7 Å². The summed E-state index contributed by atoms with van der Waals surface area (Å²) >= 11 is 0. The second-order valence-electron chi connectivity index (χ2n) is 6.83. The number of aryl methyl sites for hydroxylation is 1. The number of rotatable bonds is 5. The molecule has 2 aliphatic rings. The number of ether oxygens (including phenoxy) is 2. The van der Waals surface area contributed by atoms with Crippen molar-refractivity contribution >= 4 is 0 Å². The third kappa shape index (κ3) is 3.55. The monoisotopic (exact) mass is 307 g/mol. The van der Waals surface area contributed by atoms with Gasteiger partial charge in [0.2, 0.25) is 0 Å². The molecular formula is C18H29NO3. The Morgan fingerprint density at radius 1 is 1.27 bits per heavy atom. The highest BCUT2D eigenvalue weighted by molar-refractivity contribution is 5.06. The maximum atomic E-state index is 5.72. The van der Waals surface area contributed by atoms with Crippen LogP contribution in [0, 0.1) is 18.3 Å². The molecule has 1 unspecified atom stereocenters. The second kappa shape index (κ2) is 7.16. The fraction of sp³-hybridized carbons (Fsp3) is 0.778. The zero-order valence-electron chi connectivity index (χ0n) is 14.0. The molecule has 0 amide bonds. The first kappa shape index (κ1) is 16.0. The minimum atomic E-state index is 0.434. The average molecular weight is 307 g/mol. The first-order valence-electron chi connectivity index (χ1n) is 8.65. The minimum absolute atomic E-state index is 0.434. The van der Waals surface area contributed by atoms with E-state index in [9.17, 15) is 0 Å². The van der Waals surface area contributed by atoms with Crippen molar-refractivity contribution in [3.8, 4) is 0 Å². The molecule has 0 aliphatic carbocycles. The van der Waals surface area contributed by atoms with E-state index in [1.807, 2.05) is 6.92 Å². The minimum Gasteiger partial charge on any atom is -0.465 e. The zero-order chi connectivity index (χ0) is 15.4. The van der Waals surface area contributed by atoms with Crippen LogP contribution < -0.4 is 0 Å². The van der Waals surface area contributed by atoms with Crippen molar-refractivity contribution in [1.29, 1.82) is 0 Å². The Labute approximate surface area is 133 Å². The maximum Gasteiger partial charge on any atom is 0.118 e. The Balaban J connectivity index is 1.56. The number of nitrogens with zero attached hydrogens (tertiary/aromatic N) is 1. The summed E-state index contributed by atoms with van der Waals surface area (Å²) in [4.78, 5) is 2.52. The van der Waals surface area contributed by atoms with Gasteiger partial charge in [-0.15, -0.1) is 0 Å². The molecule has 1 atom stereocenters. The molecule has 22 heavy (non-hydrogen) atoms. The first-order valence-corrected chi connectivity index (χ1v) is 8.65. The van der Waals surface area contributed by atoms with Crippen LogP contribution in [0.2, 0.25) is 0 Å². The van der Waals surface area contributed by atoms with Crippen LogP contribution in [-0.4, -0.2) is 44.4 Å². The summed E-state index contributed by atoms with van der Waals surface area (Å²) in [5.74, 6) is 2.66. The van der Waals surface area contributed by atoms with E-state index in [0.29, 0.717) is 11.3 Å². The summed E-state index contributed by atoms with van der Waals surface area (Å²) in [5, 5.41) is 0. The summed E-state index contributed by atoms with van der Waals surface area (Å²) in [7, 11) is 0. The van der Waals surface area contributed by atoms with E-state index in [2.05, 4.69) is 24.0 Å². The van der Waals surface area contributed by atoms with Crippen molar-refractivity contribution in [2.45, 2.75) is 39.7 Å². The lowest BCUT2D eigenvalue weighted by molar-refractivity contribution is -0.0996. The van der Waals surface area contributed by atoms with E-state index in [1.165, 1.54) is 19.3 Å². The lowest BCUT2D eigenvalue weighted by Gasteiger charge is -2.48. The van der Waals surface area contributed by atoms with Crippen LogP contribution >= 0.6 is 0 Å². The van der Waals surface area contributed by atoms with Gasteiger partial charge >= 0.3 is 0 Å². The van der Waals surface area contributed by atoms with Gasteiger partial charge in [0.1, 0.15) is 11.5 Å². The van der Waals surface area contributed by atoms with Crippen LogP contribution in [0.3, 0.4) is 0 Å². The molecule has 2 fully saturated rings. The second-order valence-corrected chi connectivity index (χ2v) is 6.83. The topological polar surface area (TPSA) is 34.8 Å². The van der Waals surface area contributed by atoms with Crippen LogP contribution in [0.15, 0.2) is 16.5 Å². The van der Waals surface area contributed by atoms with E-state index in [0.717, 1.165) is 57.6 Å². The van der Waals surface area contributed by atoms with Gasteiger partial charge in [0.25, 0.3) is 0 Å². The largest absolute Gasteiger partial charge is 0.465 e. The quantitative estimate of drug-likeness (QED) is 0.836. The standard InChI is InChI=1S/C18H29NO3/c1-3-20-13-16-14-21-11-8-18(16)6-9-19(10-7-18)12-17-5-4-15(2)22-17/h4-5,16H,3,6-14H2,1-2H3. The molecule has 0 saturated carbocycles. The molecule has 1 aromatic heterocycles. The Hall–Kier alpha value is -0.840. The predicted octanol–water partition coefficient (Wildman–Crippen LogP) is 3.24. The van der Waals surface area contributed by atoms with E-state index in [-0.39, 0.29) is 0 Å². The van der Waals surface area contributed by atoms with Crippen molar-refractivity contribution in [2.24, 2.45) is 11.3 Å². The van der Waals surface area contributed by atoms with Crippen molar-refractivity contribution in [2.75, 3.05) is 39.5 Å². The molecular weight excluding hydrogens is 278 g/mol. The van der Waals surface area contributed by atoms with Gasteiger partial charge in [-0.2, -0.15) is 0 Å². The average Bonchev–Trinajstić information content (AvgIpc) is 2.94. The summed E-state index contributed by atoms with van der Waals surface area (Å²) in [6.07, 6.45) is 3.71. The highest BCUT2D eigenvalue weighted by atomic mass is 16.5. The van der Waals surface area contributed by atoms with Crippen molar-refractivity contribution in [3.05, 3.63) is 23.7 Å². The van der Waals surface area contributed by atoms with Crippen molar-refractivity contribution in [1.82, 2.24) is 4.90 Å². The zero-order valence-corrected chi connectivity index (χ0v) is 14.0. The van der Waals surface area contributed by atoms with Crippen LogP contribution in [0.4, 0.5) is 0 Å². The van der Waals surface area contributed by atoms with E-state index < -0.39 is 0 Å². The number of furan rings is 1. The van der Waals surface area contributed by atoms with Gasteiger partial charge in [0.05, 0.1) is 19.8 Å². The summed E-state index contributed by atoms with van der Waals surface area (Å²) in [6, 6.07) is 4.16. The number of likely N-dealkylation sites (tertiary alicyclic amines) is 1. The smallest absolute Gasteiger partial charge is 0.118 e. The van der Waals surface area contributed by atoms with Crippen molar-refractivity contribution in [3.63, 3.8) is 0 Å². The SMILES string of the molecule is CCOCC1COCCC12CCN(Cc1ccc(C)o1)CC2. The number of hydrogen-bond acceptors (Lipinski definition) is 4. The first-order chi connectivity index (χ1) is 10.7. The number of piperidine rings is 1. The highest BCUT2D eigenvalue weighted by Crippen LogP contribution is 2.45. The van der Waals surface area contributed by atoms with E-state index in [4.69, 9.17) is 13.9 Å². The van der Waals surface area contributed by atoms with Gasteiger partial charge in [0, 0.05) is 19.1 Å². The fourth-order valence-corrected chi connectivity index (χ4v) is 3.97. The van der Waals surface area contributed by atoms with E-state index in [1.54, 1.807) is 0 Å². The Bertz CT molecular complexity index is 463. The molecule has 0 aromatic carbocycles. The molecule has 4 nitrogen and oxygen atoms in total. The predicted molar refractivity (Wildman–Crippen MR) is 85.8 cm³/mol. The van der Waals surface area contributed by atoms with Gasteiger partial charge in [-0.3, -0.25) is 4.90 Å². The normalized spacial score (nSPS) is 25.6. The lowest BCUT2D eigenvalue weighted by Crippen LogP contribution is -2.49. The highest BCUT2D eigenvalue weighted by Gasteiger charge is 2.43. The molecule has 2 saturated heterocycles. The van der Waals surface area contributed by atoms with Gasteiger partial charge in [-0.1, -0.05) is 0 Å². The van der Waals surface area contributed by atoms with Crippen LogP contribution in [-0.2, 0) is 16.0 Å². The Kier molecular flexibility index (Phi) is 5.21. The molecule has 0 bridgehead atoms. The van der Waals surface area contributed by atoms with Crippen molar-refractivity contribution < 1.29 is 13.9 Å². The van der Waals surface area contributed by atoms with Crippen LogP contribution in [0.1, 0.15) is 37.7 Å². The summed E-state index contributed by atoms with van der Waals surface area (Å²) in [5.41, 5.74) is 0.434. The fourth-order valence-electron chi connectivity index (χ4n) is 3.97.